The molecule has 0 aromatic rings. The van der Waals surface area contributed by atoms with Gasteiger partial charge in [-0.2, -0.15) is 0 Å². The molecule has 0 heterocycles. The van der Waals surface area contributed by atoms with Gasteiger partial charge in [0.2, 0.25) is 0 Å². The van der Waals surface area contributed by atoms with E-state index in [1.165, 1.54) is 0 Å². The van der Waals surface area contributed by atoms with Crippen molar-refractivity contribution in [1.82, 2.24) is 0 Å². The van der Waals surface area contributed by atoms with Crippen LogP contribution in [0.3, 0.4) is 0 Å². The third-order valence-corrected chi connectivity index (χ3v) is 7.91. The van der Waals surface area contributed by atoms with Gasteiger partial charge in [0, 0.05) is 0 Å². The molecule has 0 aliphatic rings. The summed E-state index contributed by atoms with van der Waals surface area (Å²) in [7, 11) is 0. The predicted molar refractivity (Wildman–Crippen MR) is 103 cm³/mol. The van der Waals surface area contributed by atoms with Gasteiger partial charge in [-0.15, -0.1) is 0 Å². The lowest BCUT2D eigenvalue weighted by atomic mass is 9.65. The summed E-state index contributed by atoms with van der Waals surface area (Å²) < 4.78 is 0. The molecule has 0 radical (unpaired) electrons. The maximum absolute atomic E-state index is 2.50. The second kappa shape index (κ2) is 9.33. The third kappa shape index (κ3) is 5.57. The molecule has 0 aliphatic heterocycles. The first-order valence-electron chi connectivity index (χ1n) is 9.93. The van der Waals surface area contributed by atoms with Crippen LogP contribution in [0.1, 0.15) is 83.1 Å². The van der Waals surface area contributed by atoms with E-state index in [1.54, 1.807) is 0 Å². The van der Waals surface area contributed by atoms with Crippen LogP contribution < -0.4 is 0 Å². The minimum absolute atomic E-state index is 0.789. The van der Waals surface area contributed by atoms with Gasteiger partial charge in [0.05, 0.1) is 0 Å². The summed E-state index contributed by atoms with van der Waals surface area (Å²) in [5.74, 6) is 8.02. The molecule has 0 N–H and O–H groups in total. The number of hydrogen-bond donors (Lipinski definition) is 0. The largest absolute Gasteiger partial charge is 0.0625 e. The topological polar surface area (TPSA) is 0 Å². The first-order valence-corrected chi connectivity index (χ1v) is 9.93. The Morgan fingerprint density at radius 1 is 0.227 bits per heavy atom. The van der Waals surface area contributed by atoms with Crippen LogP contribution in [0.4, 0.5) is 0 Å². The van der Waals surface area contributed by atoms with Gasteiger partial charge < -0.3 is 0 Å². The summed E-state index contributed by atoms with van der Waals surface area (Å²) in [5.41, 5.74) is 0. The molecule has 0 fully saturated rings. The lowest BCUT2D eigenvalue weighted by Crippen LogP contribution is -2.34. The summed E-state index contributed by atoms with van der Waals surface area (Å²) in [6, 6.07) is 0. The molecule has 0 bridgehead atoms. The summed E-state index contributed by atoms with van der Waals surface area (Å²) in [5, 5.41) is 0. The molecule has 8 unspecified atom stereocenters. The smallest absolute Gasteiger partial charge is 0.0386 e. The third-order valence-electron chi connectivity index (χ3n) is 7.91. The maximum atomic E-state index is 2.50. The second-order valence-corrected chi connectivity index (χ2v) is 9.36. The fraction of sp³-hybridized carbons (Fsp3) is 1.00. The van der Waals surface area contributed by atoms with Gasteiger partial charge in [0.25, 0.3) is 0 Å². The zero-order valence-corrected chi connectivity index (χ0v) is 17.8. The van der Waals surface area contributed by atoms with Crippen molar-refractivity contribution in [2.45, 2.75) is 83.1 Å². The normalized spacial score (nSPS) is 23.7. The monoisotopic (exact) mass is 310 g/mol. The number of rotatable bonds is 9. The molecule has 22 heavy (non-hydrogen) atoms. The van der Waals surface area contributed by atoms with Gasteiger partial charge in [-0.25, -0.2) is 0 Å². The van der Waals surface area contributed by atoms with Crippen LogP contribution in [0.5, 0.6) is 0 Å². The Morgan fingerprint density at radius 2 is 0.364 bits per heavy atom. The summed E-state index contributed by atoms with van der Waals surface area (Å²) in [6.45, 7) is 29.3. The van der Waals surface area contributed by atoms with Gasteiger partial charge in [-0.05, 0) is 59.2 Å². The zero-order valence-electron chi connectivity index (χ0n) is 17.8. The molecule has 0 rings (SSSR count). The Kier molecular flexibility index (Phi) is 9.33. The quantitative estimate of drug-likeness (QED) is 0.416. The Bertz CT molecular complexity index is 260. The Morgan fingerprint density at radius 3 is 0.500 bits per heavy atom. The Balaban J connectivity index is 4.86. The van der Waals surface area contributed by atoms with Crippen LogP contribution in [-0.2, 0) is 0 Å². The van der Waals surface area contributed by atoms with E-state index in [-0.39, 0.29) is 0 Å². The average molecular weight is 311 g/mol. The van der Waals surface area contributed by atoms with Crippen molar-refractivity contribution >= 4 is 0 Å². The van der Waals surface area contributed by atoms with Crippen molar-refractivity contribution in [3.63, 3.8) is 0 Å². The molecule has 0 aromatic carbocycles. The van der Waals surface area contributed by atoms with Gasteiger partial charge in [0.1, 0.15) is 0 Å². The molecule has 0 saturated carbocycles. The molecule has 134 valence electrons. The fourth-order valence-corrected chi connectivity index (χ4v) is 4.09. The molecule has 0 amide bonds. The van der Waals surface area contributed by atoms with Crippen LogP contribution in [0.25, 0.3) is 0 Å². The Labute approximate surface area is 142 Å². The SMILES string of the molecule is CC(C)C(C)C(C)C(C)C(C)C(C)C(C)C(C)C(C)C(C)C. The summed E-state index contributed by atoms with van der Waals surface area (Å²) >= 11 is 0. The van der Waals surface area contributed by atoms with Crippen LogP contribution in [0.15, 0.2) is 0 Å². The van der Waals surface area contributed by atoms with E-state index in [0.29, 0.717) is 0 Å². The predicted octanol–water partition coefficient (Wildman–Crippen LogP) is 7.39. The van der Waals surface area contributed by atoms with Crippen LogP contribution in [0.2, 0.25) is 0 Å². The standard InChI is InChI=1S/C22H46/c1-13(2)15(5)17(7)19(9)21(11)22(12)20(10)18(8)16(6)14(3)4/h13-22H,1-12H3. The minimum atomic E-state index is 0.789. The molecule has 0 saturated heterocycles. The van der Waals surface area contributed by atoms with Crippen LogP contribution in [0, 0.1) is 59.2 Å². The Hall–Kier alpha value is 0. The molecule has 8 atom stereocenters. The molecule has 0 spiro atoms. The van der Waals surface area contributed by atoms with Gasteiger partial charge >= 0.3 is 0 Å². The molecular formula is C22H46. The number of hydrogen-bond acceptors (Lipinski definition) is 0. The molecule has 0 aromatic heterocycles. The summed E-state index contributed by atoms with van der Waals surface area (Å²) in [4.78, 5) is 0. The highest BCUT2D eigenvalue weighted by Gasteiger charge is 2.33. The van der Waals surface area contributed by atoms with Gasteiger partial charge in [-0.3, -0.25) is 0 Å². The van der Waals surface area contributed by atoms with Gasteiger partial charge in [-0.1, -0.05) is 83.1 Å². The van der Waals surface area contributed by atoms with E-state index in [2.05, 4.69) is 83.1 Å². The first-order chi connectivity index (χ1) is 9.93. The zero-order chi connectivity index (χ0) is 17.8. The van der Waals surface area contributed by atoms with E-state index in [4.69, 9.17) is 0 Å². The maximum Gasteiger partial charge on any atom is -0.0386 e. The van der Waals surface area contributed by atoms with E-state index in [0.717, 1.165) is 59.2 Å². The molecular weight excluding hydrogens is 264 g/mol. The van der Waals surface area contributed by atoms with Crippen LogP contribution in [-0.4, -0.2) is 0 Å². The van der Waals surface area contributed by atoms with Crippen molar-refractivity contribution in [3.05, 3.63) is 0 Å². The average Bonchev–Trinajstić information content (AvgIpc) is 2.48. The second-order valence-electron chi connectivity index (χ2n) is 9.36. The molecule has 0 aliphatic carbocycles. The van der Waals surface area contributed by atoms with Crippen LogP contribution >= 0.6 is 0 Å². The van der Waals surface area contributed by atoms with Crippen molar-refractivity contribution < 1.29 is 0 Å². The highest BCUT2D eigenvalue weighted by atomic mass is 14.4. The van der Waals surface area contributed by atoms with E-state index in [1.807, 2.05) is 0 Å². The van der Waals surface area contributed by atoms with Crippen molar-refractivity contribution in [1.29, 1.82) is 0 Å². The van der Waals surface area contributed by atoms with Crippen molar-refractivity contribution in [3.8, 4) is 0 Å². The fourth-order valence-electron chi connectivity index (χ4n) is 4.09. The molecule has 0 nitrogen and oxygen atoms in total. The summed E-state index contributed by atoms with van der Waals surface area (Å²) in [6.07, 6.45) is 0. The van der Waals surface area contributed by atoms with Crippen molar-refractivity contribution in [2.75, 3.05) is 0 Å². The highest BCUT2D eigenvalue weighted by molar-refractivity contribution is 4.82. The van der Waals surface area contributed by atoms with E-state index < -0.39 is 0 Å². The first kappa shape index (κ1) is 22.0. The lowest BCUT2D eigenvalue weighted by molar-refractivity contribution is 0.0853. The van der Waals surface area contributed by atoms with E-state index in [9.17, 15) is 0 Å². The van der Waals surface area contributed by atoms with E-state index >= 15 is 0 Å². The minimum Gasteiger partial charge on any atom is -0.0625 e. The lowest BCUT2D eigenvalue weighted by Gasteiger charge is -2.40. The van der Waals surface area contributed by atoms with Crippen molar-refractivity contribution in [2.24, 2.45) is 59.2 Å². The van der Waals surface area contributed by atoms with Gasteiger partial charge in [0.15, 0.2) is 0 Å². The highest BCUT2D eigenvalue weighted by Crippen LogP contribution is 2.40. The molecule has 0 heteroatoms.